The highest BCUT2D eigenvalue weighted by molar-refractivity contribution is 7.22. The number of benzene rings is 1. The largest absolute Gasteiger partial charge is 0.312 e. The van der Waals surface area contributed by atoms with E-state index in [1.165, 1.54) is 6.07 Å². The minimum Gasteiger partial charge on any atom is -0.312 e. The smallest absolute Gasteiger partial charge is 0.230 e. The molecule has 0 bridgehead atoms. The molecule has 5 nitrogen and oxygen atoms in total. The fourth-order valence-corrected chi connectivity index (χ4v) is 4.28. The molecule has 2 atom stereocenters. The Bertz CT molecular complexity index is 780. The molecule has 2 aromatic rings. The molecule has 0 unspecified atom stereocenters. The summed E-state index contributed by atoms with van der Waals surface area (Å²) < 4.78 is 27.5. The monoisotopic (exact) mass is 382 g/mol. The normalized spacial score (nSPS) is 20.7. The van der Waals surface area contributed by atoms with E-state index in [9.17, 15) is 13.6 Å². The van der Waals surface area contributed by atoms with Crippen LogP contribution < -0.4 is 10.6 Å². The maximum Gasteiger partial charge on any atom is 0.230 e. The Morgan fingerprint density at radius 3 is 2.85 bits per heavy atom. The second-order valence-corrected chi connectivity index (χ2v) is 8.03. The van der Waals surface area contributed by atoms with Gasteiger partial charge >= 0.3 is 0 Å². The first kappa shape index (κ1) is 19.1. The molecule has 0 radical (unpaired) electrons. The minimum atomic E-state index is -0.711. The highest BCUT2D eigenvalue weighted by Crippen LogP contribution is 2.30. The summed E-state index contributed by atoms with van der Waals surface area (Å²) in [6.45, 7) is 1.74. The Kier molecular flexibility index (Phi) is 6.16. The van der Waals surface area contributed by atoms with E-state index in [4.69, 9.17) is 0 Å². The summed E-state index contributed by atoms with van der Waals surface area (Å²) in [5.41, 5.74) is 0.0935. The molecule has 1 heterocycles. The van der Waals surface area contributed by atoms with Crippen LogP contribution in [0.2, 0.25) is 0 Å². The van der Waals surface area contributed by atoms with Crippen LogP contribution in [0.1, 0.15) is 25.7 Å². The number of fused-ring (bicyclic) bond motifs is 1. The Morgan fingerprint density at radius 1 is 1.31 bits per heavy atom. The van der Waals surface area contributed by atoms with Gasteiger partial charge in [-0.15, -0.1) is 0 Å². The molecule has 0 spiro atoms. The standard InChI is InChI=1S/C18H24F2N4OS/c1-24(2)8-7-21-14-6-4-3-5-12(14)17(25)23-18-22-16-13(20)9-11(19)10-15(16)26-18/h9-10,12,14,21H,3-8H2,1-2H3,(H,22,23,25)/t12-,14+/m0/s1. The first-order valence-corrected chi connectivity index (χ1v) is 9.70. The summed E-state index contributed by atoms with van der Waals surface area (Å²) in [5, 5.41) is 6.60. The Labute approximate surface area is 155 Å². The summed E-state index contributed by atoms with van der Waals surface area (Å²) in [4.78, 5) is 19.0. The quantitative estimate of drug-likeness (QED) is 0.805. The highest BCUT2D eigenvalue weighted by atomic mass is 32.1. The first-order valence-electron chi connectivity index (χ1n) is 8.88. The Balaban J connectivity index is 1.68. The van der Waals surface area contributed by atoms with Crippen LogP contribution in [-0.4, -0.2) is 49.0 Å². The van der Waals surface area contributed by atoms with Crippen molar-refractivity contribution in [3.8, 4) is 0 Å². The molecule has 1 aliphatic carbocycles. The Morgan fingerprint density at radius 2 is 2.08 bits per heavy atom. The molecule has 26 heavy (non-hydrogen) atoms. The second-order valence-electron chi connectivity index (χ2n) is 7.00. The average molecular weight is 382 g/mol. The van der Waals surface area contributed by atoms with Crippen molar-refractivity contribution in [1.82, 2.24) is 15.2 Å². The van der Waals surface area contributed by atoms with Crippen molar-refractivity contribution in [3.05, 3.63) is 23.8 Å². The van der Waals surface area contributed by atoms with Crippen molar-refractivity contribution < 1.29 is 13.6 Å². The van der Waals surface area contributed by atoms with Gasteiger partial charge in [0.2, 0.25) is 5.91 Å². The first-order chi connectivity index (χ1) is 12.4. The SMILES string of the molecule is CN(C)CCN[C@@H]1CCCC[C@@H]1C(=O)Nc1nc2c(F)cc(F)cc2s1. The molecule has 3 rings (SSSR count). The molecule has 2 N–H and O–H groups in total. The van der Waals surface area contributed by atoms with E-state index >= 15 is 0 Å². The third-order valence-electron chi connectivity index (χ3n) is 4.71. The van der Waals surface area contributed by atoms with E-state index in [-0.39, 0.29) is 23.4 Å². The molecular weight excluding hydrogens is 358 g/mol. The third kappa shape index (κ3) is 4.55. The summed E-state index contributed by atoms with van der Waals surface area (Å²) in [7, 11) is 4.03. The maximum absolute atomic E-state index is 13.8. The lowest BCUT2D eigenvalue weighted by molar-refractivity contribution is -0.121. The predicted molar refractivity (Wildman–Crippen MR) is 100 cm³/mol. The van der Waals surface area contributed by atoms with Gasteiger partial charge in [0.15, 0.2) is 10.9 Å². The fourth-order valence-electron chi connectivity index (χ4n) is 3.37. The van der Waals surface area contributed by atoms with Gasteiger partial charge in [-0.1, -0.05) is 24.2 Å². The molecule has 0 saturated heterocycles. The number of hydrogen-bond acceptors (Lipinski definition) is 5. The van der Waals surface area contributed by atoms with Crippen molar-refractivity contribution >= 4 is 32.6 Å². The second kappa shape index (κ2) is 8.37. The topological polar surface area (TPSA) is 57.3 Å². The van der Waals surface area contributed by atoms with Gasteiger partial charge in [0, 0.05) is 25.2 Å². The molecule has 1 aliphatic rings. The third-order valence-corrected chi connectivity index (χ3v) is 5.63. The number of carbonyl (C=O) groups is 1. The van der Waals surface area contributed by atoms with Crippen LogP contribution in [0.15, 0.2) is 12.1 Å². The minimum absolute atomic E-state index is 0.0935. The van der Waals surface area contributed by atoms with E-state index in [1.54, 1.807) is 0 Å². The number of rotatable bonds is 6. The van der Waals surface area contributed by atoms with Crippen LogP contribution in [-0.2, 0) is 4.79 Å². The number of hydrogen-bond donors (Lipinski definition) is 2. The highest BCUT2D eigenvalue weighted by Gasteiger charge is 2.31. The van der Waals surface area contributed by atoms with Crippen LogP contribution in [0.3, 0.4) is 0 Å². The number of nitrogens with zero attached hydrogens (tertiary/aromatic N) is 2. The molecule has 142 valence electrons. The van der Waals surface area contributed by atoms with E-state index in [0.29, 0.717) is 9.83 Å². The number of anilines is 1. The predicted octanol–water partition coefficient (Wildman–Crippen LogP) is 3.22. The van der Waals surface area contributed by atoms with Gasteiger partial charge in [-0.25, -0.2) is 13.8 Å². The maximum atomic E-state index is 13.8. The molecule has 1 saturated carbocycles. The molecule has 0 aliphatic heterocycles. The zero-order chi connectivity index (χ0) is 18.7. The zero-order valence-corrected chi connectivity index (χ0v) is 15.8. The lowest BCUT2D eigenvalue weighted by atomic mass is 9.84. The molecule has 1 aromatic heterocycles. The van der Waals surface area contributed by atoms with Gasteiger partial charge in [0.25, 0.3) is 0 Å². The summed E-state index contributed by atoms with van der Waals surface area (Å²) in [6.07, 6.45) is 3.91. The number of nitrogens with one attached hydrogen (secondary N) is 2. The van der Waals surface area contributed by atoms with Crippen LogP contribution >= 0.6 is 11.3 Å². The van der Waals surface area contributed by atoms with Crippen molar-refractivity contribution in [2.45, 2.75) is 31.7 Å². The van der Waals surface area contributed by atoms with Crippen LogP contribution in [0.5, 0.6) is 0 Å². The molecular formula is C18H24F2N4OS. The molecule has 1 aromatic carbocycles. The lowest BCUT2D eigenvalue weighted by Crippen LogP contribution is -2.46. The number of likely N-dealkylation sites (N-methyl/N-ethyl adjacent to an activating group) is 1. The average Bonchev–Trinajstić information content (AvgIpc) is 2.97. The molecule has 1 fully saturated rings. The zero-order valence-electron chi connectivity index (χ0n) is 15.0. The van der Waals surface area contributed by atoms with Gasteiger partial charge in [0.1, 0.15) is 11.3 Å². The Hall–Kier alpha value is -1.64. The summed E-state index contributed by atoms with van der Waals surface area (Å²) >= 11 is 1.09. The van der Waals surface area contributed by atoms with Gasteiger partial charge in [-0.3, -0.25) is 4.79 Å². The van der Waals surface area contributed by atoms with Gasteiger partial charge in [-0.05, 0) is 33.0 Å². The van der Waals surface area contributed by atoms with Crippen molar-refractivity contribution in [2.75, 3.05) is 32.5 Å². The summed E-state index contributed by atoms with van der Waals surface area (Å²) in [5.74, 6) is -1.60. The van der Waals surface area contributed by atoms with E-state index < -0.39 is 11.6 Å². The van der Waals surface area contributed by atoms with E-state index in [1.807, 2.05) is 14.1 Å². The van der Waals surface area contributed by atoms with Crippen molar-refractivity contribution in [2.24, 2.45) is 5.92 Å². The number of halogens is 2. The number of thiazole rings is 1. The number of carbonyl (C=O) groups excluding carboxylic acids is 1. The lowest BCUT2D eigenvalue weighted by Gasteiger charge is -2.31. The number of amides is 1. The summed E-state index contributed by atoms with van der Waals surface area (Å²) in [6, 6.07) is 2.17. The van der Waals surface area contributed by atoms with Crippen molar-refractivity contribution in [1.29, 1.82) is 0 Å². The van der Waals surface area contributed by atoms with Gasteiger partial charge < -0.3 is 15.5 Å². The molecule has 1 amide bonds. The van der Waals surface area contributed by atoms with Gasteiger partial charge in [-0.2, -0.15) is 0 Å². The fraction of sp³-hybridized carbons (Fsp3) is 0.556. The molecule has 8 heteroatoms. The van der Waals surface area contributed by atoms with Crippen LogP contribution in [0.4, 0.5) is 13.9 Å². The van der Waals surface area contributed by atoms with Crippen molar-refractivity contribution in [3.63, 3.8) is 0 Å². The van der Waals surface area contributed by atoms with Crippen LogP contribution in [0, 0.1) is 17.6 Å². The van der Waals surface area contributed by atoms with Gasteiger partial charge in [0.05, 0.1) is 10.6 Å². The van der Waals surface area contributed by atoms with E-state index in [0.717, 1.165) is 56.2 Å². The van der Waals surface area contributed by atoms with E-state index in [2.05, 4.69) is 20.5 Å². The van der Waals surface area contributed by atoms with Crippen LogP contribution in [0.25, 0.3) is 10.2 Å². The number of aromatic nitrogens is 1.